The van der Waals surface area contributed by atoms with Crippen molar-refractivity contribution in [1.29, 1.82) is 0 Å². The summed E-state index contributed by atoms with van der Waals surface area (Å²) >= 11 is 0. The lowest BCUT2D eigenvalue weighted by molar-refractivity contribution is 0.154. The topological polar surface area (TPSA) is 33.1 Å². The Morgan fingerprint density at radius 3 is 2.89 bits per heavy atom. The molecule has 0 bridgehead atoms. The van der Waals surface area contributed by atoms with E-state index in [4.69, 9.17) is 0 Å². The summed E-state index contributed by atoms with van der Waals surface area (Å²) in [5, 5.41) is 7.76. The lowest BCUT2D eigenvalue weighted by atomic mass is 9.90. The molecule has 2 rings (SSSR count). The van der Waals surface area contributed by atoms with Crippen molar-refractivity contribution in [3.63, 3.8) is 0 Å². The minimum atomic E-state index is 0.531. The number of nitrogens with zero attached hydrogens (tertiary/aromatic N) is 3. The summed E-state index contributed by atoms with van der Waals surface area (Å²) in [6.45, 7) is 5.80. The molecule has 0 saturated carbocycles. The summed E-state index contributed by atoms with van der Waals surface area (Å²) in [6, 6.07) is 0.531. The zero-order valence-corrected chi connectivity index (χ0v) is 12.6. The molecule has 1 N–H and O–H groups in total. The molecule has 0 spiro atoms. The highest BCUT2D eigenvalue weighted by atomic mass is 15.3. The quantitative estimate of drug-likeness (QED) is 0.885. The molecule has 4 heteroatoms. The first kappa shape index (κ1) is 14.5. The third-order valence-corrected chi connectivity index (χ3v) is 4.15. The van der Waals surface area contributed by atoms with E-state index < -0.39 is 0 Å². The molecule has 4 nitrogen and oxygen atoms in total. The van der Waals surface area contributed by atoms with Crippen LogP contribution >= 0.6 is 0 Å². The van der Waals surface area contributed by atoms with E-state index in [0.29, 0.717) is 12.0 Å². The van der Waals surface area contributed by atoms with Crippen LogP contribution in [0, 0.1) is 5.92 Å². The van der Waals surface area contributed by atoms with Crippen molar-refractivity contribution in [2.24, 2.45) is 13.0 Å². The largest absolute Gasteiger partial charge is 0.319 e. The highest BCUT2D eigenvalue weighted by Crippen LogP contribution is 2.34. The second kappa shape index (κ2) is 7.06. The van der Waals surface area contributed by atoms with Crippen LogP contribution in [-0.2, 0) is 7.05 Å². The zero-order chi connectivity index (χ0) is 13.7. The van der Waals surface area contributed by atoms with E-state index in [1.54, 1.807) is 0 Å². The fourth-order valence-corrected chi connectivity index (χ4v) is 3.41. The van der Waals surface area contributed by atoms with Gasteiger partial charge in [-0.05, 0) is 51.9 Å². The molecule has 1 aromatic rings. The summed E-state index contributed by atoms with van der Waals surface area (Å²) in [5.74, 6) is 0.697. The number of hydrogen-bond acceptors (Lipinski definition) is 3. The molecule has 1 fully saturated rings. The van der Waals surface area contributed by atoms with Gasteiger partial charge in [-0.15, -0.1) is 0 Å². The van der Waals surface area contributed by atoms with Gasteiger partial charge in [0.05, 0.1) is 6.20 Å². The molecule has 2 heterocycles. The van der Waals surface area contributed by atoms with Crippen molar-refractivity contribution in [2.75, 3.05) is 26.7 Å². The summed E-state index contributed by atoms with van der Waals surface area (Å²) in [4.78, 5) is 2.67. The standard InChI is InChI=1S/C15H28N4/c1-4-8-19-9-6-5-7-13(10-16-2)15(19)14-11-17-18(3)12-14/h11-13,15-16H,4-10H2,1-3H3. The van der Waals surface area contributed by atoms with Gasteiger partial charge in [0.1, 0.15) is 0 Å². The Balaban J connectivity index is 2.25. The van der Waals surface area contributed by atoms with Gasteiger partial charge in [-0.3, -0.25) is 9.58 Å². The van der Waals surface area contributed by atoms with Crippen LogP contribution < -0.4 is 5.32 Å². The van der Waals surface area contributed by atoms with Crippen LogP contribution in [0.4, 0.5) is 0 Å². The number of aromatic nitrogens is 2. The summed E-state index contributed by atoms with van der Waals surface area (Å²) in [7, 11) is 4.08. The van der Waals surface area contributed by atoms with E-state index in [1.807, 2.05) is 11.7 Å². The lowest BCUT2D eigenvalue weighted by Gasteiger charge is -2.34. The van der Waals surface area contributed by atoms with Gasteiger partial charge in [0.25, 0.3) is 0 Å². The molecule has 0 aliphatic carbocycles. The van der Waals surface area contributed by atoms with Gasteiger partial charge < -0.3 is 5.32 Å². The van der Waals surface area contributed by atoms with Crippen LogP contribution in [0.2, 0.25) is 0 Å². The minimum absolute atomic E-state index is 0.531. The number of aryl methyl sites for hydroxylation is 1. The molecule has 1 aliphatic heterocycles. The Labute approximate surface area is 117 Å². The fraction of sp³-hybridized carbons (Fsp3) is 0.800. The first-order valence-corrected chi connectivity index (χ1v) is 7.63. The Bertz CT molecular complexity index is 358. The second-order valence-electron chi connectivity index (χ2n) is 5.74. The molecule has 19 heavy (non-hydrogen) atoms. The highest BCUT2D eigenvalue weighted by molar-refractivity contribution is 5.13. The first-order chi connectivity index (χ1) is 9.26. The molecule has 0 radical (unpaired) electrons. The van der Waals surface area contributed by atoms with Gasteiger partial charge in [0, 0.05) is 24.8 Å². The van der Waals surface area contributed by atoms with Gasteiger partial charge >= 0.3 is 0 Å². The Morgan fingerprint density at radius 2 is 2.26 bits per heavy atom. The molecule has 108 valence electrons. The van der Waals surface area contributed by atoms with Crippen LogP contribution in [0.1, 0.15) is 44.2 Å². The second-order valence-corrected chi connectivity index (χ2v) is 5.74. The van der Waals surface area contributed by atoms with Gasteiger partial charge in [-0.2, -0.15) is 5.10 Å². The molecule has 0 aromatic carbocycles. The van der Waals surface area contributed by atoms with Crippen LogP contribution in [0.15, 0.2) is 12.4 Å². The Hall–Kier alpha value is -0.870. The number of hydrogen-bond donors (Lipinski definition) is 1. The number of nitrogens with one attached hydrogen (secondary N) is 1. The average Bonchev–Trinajstić information content (AvgIpc) is 2.71. The SMILES string of the molecule is CCCN1CCCCC(CNC)C1c1cnn(C)c1. The van der Waals surface area contributed by atoms with Crippen LogP contribution in [0.3, 0.4) is 0 Å². The smallest absolute Gasteiger partial charge is 0.0537 e. The van der Waals surface area contributed by atoms with Gasteiger partial charge in [0.15, 0.2) is 0 Å². The van der Waals surface area contributed by atoms with Crippen LogP contribution in [-0.4, -0.2) is 41.4 Å². The summed E-state index contributed by atoms with van der Waals surface area (Å²) in [6.07, 6.45) is 9.48. The van der Waals surface area contributed by atoms with Crippen molar-refractivity contribution < 1.29 is 0 Å². The van der Waals surface area contributed by atoms with Gasteiger partial charge in [-0.1, -0.05) is 13.3 Å². The predicted octanol–water partition coefficient (Wildman–Crippen LogP) is 2.19. The van der Waals surface area contributed by atoms with E-state index in [-0.39, 0.29) is 0 Å². The van der Waals surface area contributed by atoms with Crippen LogP contribution in [0.5, 0.6) is 0 Å². The normalized spacial score (nSPS) is 25.4. The fourth-order valence-electron chi connectivity index (χ4n) is 3.41. The van der Waals surface area contributed by atoms with Crippen molar-refractivity contribution in [3.8, 4) is 0 Å². The molecular weight excluding hydrogens is 236 g/mol. The maximum absolute atomic E-state index is 4.38. The van der Waals surface area contributed by atoms with Gasteiger partial charge in [0.2, 0.25) is 0 Å². The molecular formula is C15H28N4. The maximum atomic E-state index is 4.38. The monoisotopic (exact) mass is 264 g/mol. The van der Waals surface area contributed by atoms with E-state index >= 15 is 0 Å². The first-order valence-electron chi connectivity index (χ1n) is 7.63. The zero-order valence-electron chi connectivity index (χ0n) is 12.6. The van der Waals surface area contributed by atoms with Crippen molar-refractivity contribution in [3.05, 3.63) is 18.0 Å². The van der Waals surface area contributed by atoms with E-state index in [0.717, 1.165) is 6.54 Å². The Morgan fingerprint density at radius 1 is 1.42 bits per heavy atom. The van der Waals surface area contributed by atoms with E-state index in [9.17, 15) is 0 Å². The predicted molar refractivity (Wildman–Crippen MR) is 79.1 cm³/mol. The highest BCUT2D eigenvalue weighted by Gasteiger charge is 2.30. The van der Waals surface area contributed by atoms with Gasteiger partial charge in [-0.25, -0.2) is 0 Å². The summed E-state index contributed by atoms with van der Waals surface area (Å²) in [5.41, 5.74) is 1.39. The van der Waals surface area contributed by atoms with E-state index in [2.05, 4.69) is 41.7 Å². The average molecular weight is 264 g/mol. The number of likely N-dealkylation sites (tertiary alicyclic amines) is 1. The lowest BCUT2D eigenvalue weighted by Crippen LogP contribution is -2.36. The van der Waals surface area contributed by atoms with E-state index in [1.165, 1.54) is 44.3 Å². The molecule has 0 amide bonds. The van der Waals surface area contributed by atoms with Crippen molar-refractivity contribution in [2.45, 2.75) is 38.6 Å². The summed E-state index contributed by atoms with van der Waals surface area (Å²) < 4.78 is 1.93. The minimum Gasteiger partial charge on any atom is -0.319 e. The number of rotatable bonds is 5. The Kier molecular flexibility index (Phi) is 5.40. The van der Waals surface area contributed by atoms with Crippen LogP contribution in [0.25, 0.3) is 0 Å². The maximum Gasteiger partial charge on any atom is 0.0537 e. The van der Waals surface area contributed by atoms with Crippen molar-refractivity contribution in [1.82, 2.24) is 20.0 Å². The molecule has 1 saturated heterocycles. The molecule has 2 unspecified atom stereocenters. The third-order valence-electron chi connectivity index (χ3n) is 4.15. The van der Waals surface area contributed by atoms with Crippen molar-refractivity contribution >= 4 is 0 Å². The molecule has 2 atom stereocenters. The molecule has 1 aliphatic rings. The molecule has 1 aromatic heterocycles. The third kappa shape index (κ3) is 3.57.